The average molecular weight is 384 g/mol. The SMILES string of the molecule is CCCOc1ccc(/C=N\NC(=O)C(=O)NCc2ccncc2)cc1OCC. The molecule has 0 fully saturated rings. The van der Waals surface area contributed by atoms with Crippen molar-refractivity contribution in [1.29, 1.82) is 0 Å². The third-order valence-corrected chi connectivity index (χ3v) is 3.52. The number of pyridine rings is 1. The van der Waals surface area contributed by atoms with Gasteiger partial charge in [0, 0.05) is 18.9 Å². The summed E-state index contributed by atoms with van der Waals surface area (Å²) < 4.78 is 11.2. The zero-order chi connectivity index (χ0) is 20.2. The first-order valence-corrected chi connectivity index (χ1v) is 9.03. The molecule has 2 rings (SSSR count). The van der Waals surface area contributed by atoms with E-state index in [1.54, 1.807) is 42.7 Å². The highest BCUT2D eigenvalue weighted by molar-refractivity contribution is 6.35. The Morgan fingerprint density at radius 1 is 1.07 bits per heavy atom. The Labute approximate surface area is 164 Å². The van der Waals surface area contributed by atoms with E-state index >= 15 is 0 Å². The van der Waals surface area contributed by atoms with Gasteiger partial charge in [-0.3, -0.25) is 14.6 Å². The molecule has 2 amide bonds. The lowest BCUT2D eigenvalue weighted by molar-refractivity contribution is -0.139. The molecule has 1 aromatic heterocycles. The van der Waals surface area contributed by atoms with Gasteiger partial charge in [0.1, 0.15) is 0 Å². The lowest BCUT2D eigenvalue weighted by atomic mass is 10.2. The summed E-state index contributed by atoms with van der Waals surface area (Å²) in [7, 11) is 0. The third-order valence-electron chi connectivity index (χ3n) is 3.52. The fraction of sp³-hybridized carbons (Fsp3) is 0.300. The molecule has 0 radical (unpaired) electrons. The van der Waals surface area contributed by atoms with Crippen LogP contribution in [0.25, 0.3) is 0 Å². The molecule has 1 aromatic carbocycles. The van der Waals surface area contributed by atoms with Crippen molar-refractivity contribution in [2.24, 2.45) is 5.10 Å². The Morgan fingerprint density at radius 3 is 2.57 bits per heavy atom. The van der Waals surface area contributed by atoms with Crippen LogP contribution in [0.1, 0.15) is 31.4 Å². The molecule has 0 bridgehead atoms. The van der Waals surface area contributed by atoms with Gasteiger partial charge in [0.25, 0.3) is 0 Å². The number of carbonyl (C=O) groups excluding carboxylic acids is 2. The fourth-order valence-corrected chi connectivity index (χ4v) is 2.18. The van der Waals surface area contributed by atoms with E-state index in [1.165, 1.54) is 6.21 Å². The number of rotatable bonds is 9. The van der Waals surface area contributed by atoms with Crippen molar-refractivity contribution in [1.82, 2.24) is 15.7 Å². The van der Waals surface area contributed by atoms with Gasteiger partial charge in [0.05, 0.1) is 19.4 Å². The molecule has 28 heavy (non-hydrogen) atoms. The van der Waals surface area contributed by atoms with Crippen LogP contribution in [0.5, 0.6) is 11.5 Å². The van der Waals surface area contributed by atoms with Gasteiger partial charge in [0.15, 0.2) is 11.5 Å². The lowest BCUT2D eigenvalue weighted by Gasteiger charge is -2.11. The maximum Gasteiger partial charge on any atom is 0.329 e. The number of nitrogens with one attached hydrogen (secondary N) is 2. The number of hydrogen-bond donors (Lipinski definition) is 2. The number of amides is 2. The number of aromatic nitrogens is 1. The molecular weight excluding hydrogens is 360 g/mol. The molecule has 1 heterocycles. The van der Waals surface area contributed by atoms with Crippen LogP contribution in [-0.2, 0) is 16.1 Å². The highest BCUT2D eigenvalue weighted by Crippen LogP contribution is 2.28. The van der Waals surface area contributed by atoms with Gasteiger partial charge in [-0.05, 0) is 54.8 Å². The molecule has 0 saturated carbocycles. The second-order valence-corrected chi connectivity index (χ2v) is 5.72. The number of ether oxygens (including phenoxy) is 2. The first-order chi connectivity index (χ1) is 13.6. The van der Waals surface area contributed by atoms with Gasteiger partial charge in [0.2, 0.25) is 0 Å². The van der Waals surface area contributed by atoms with Crippen molar-refractivity contribution in [3.8, 4) is 11.5 Å². The van der Waals surface area contributed by atoms with Crippen LogP contribution in [0.15, 0.2) is 47.8 Å². The molecule has 2 aromatic rings. The van der Waals surface area contributed by atoms with Crippen molar-refractivity contribution >= 4 is 18.0 Å². The highest BCUT2D eigenvalue weighted by atomic mass is 16.5. The van der Waals surface area contributed by atoms with E-state index in [0.717, 1.165) is 12.0 Å². The Kier molecular flexibility index (Phi) is 8.45. The van der Waals surface area contributed by atoms with E-state index in [4.69, 9.17) is 9.47 Å². The number of benzene rings is 1. The van der Waals surface area contributed by atoms with E-state index in [9.17, 15) is 9.59 Å². The quantitative estimate of drug-likeness (QED) is 0.391. The summed E-state index contributed by atoms with van der Waals surface area (Å²) in [4.78, 5) is 27.5. The summed E-state index contributed by atoms with van der Waals surface area (Å²) in [5.41, 5.74) is 3.74. The van der Waals surface area contributed by atoms with E-state index in [2.05, 4.69) is 20.8 Å². The Hall–Kier alpha value is -3.42. The van der Waals surface area contributed by atoms with Crippen LogP contribution in [0.4, 0.5) is 0 Å². The zero-order valence-corrected chi connectivity index (χ0v) is 16.0. The largest absolute Gasteiger partial charge is 0.490 e. The minimum Gasteiger partial charge on any atom is -0.490 e. The lowest BCUT2D eigenvalue weighted by Crippen LogP contribution is -2.37. The third kappa shape index (κ3) is 6.71. The molecule has 0 spiro atoms. The summed E-state index contributed by atoms with van der Waals surface area (Å²) in [6.07, 6.45) is 5.55. The highest BCUT2D eigenvalue weighted by Gasteiger charge is 2.12. The maximum absolute atomic E-state index is 11.8. The molecule has 8 heteroatoms. The molecule has 148 valence electrons. The van der Waals surface area contributed by atoms with Crippen molar-refractivity contribution < 1.29 is 19.1 Å². The molecule has 0 aliphatic carbocycles. The van der Waals surface area contributed by atoms with Crippen LogP contribution in [0.3, 0.4) is 0 Å². The predicted octanol–water partition coefficient (Wildman–Crippen LogP) is 2.04. The number of hydrazone groups is 1. The monoisotopic (exact) mass is 384 g/mol. The second-order valence-electron chi connectivity index (χ2n) is 5.72. The van der Waals surface area contributed by atoms with Crippen LogP contribution in [-0.4, -0.2) is 36.2 Å². The van der Waals surface area contributed by atoms with Crippen molar-refractivity contribution in [2.75, 3.05) is 13.2 Å². The number of nitrogens with zero attached hydrogens (tertiary/aromatic N) is 2. The summed E-state index contributed by atoms with van der Waals surface area (Å²) in [6.45, 7) is 5.23. The molecule has 8 nitrogen and oxygen atoms in total. The predicted molar refractivity (Wildman–Crippen MR) is 105 cm³/mol. The second kappa shape index (κ2) is 11.3. The molecule has 0 aliphatic rings. The fourth-order valence-electron chi connectivity index (χ4n) is 2.18. The van der Waals surface area contributed by atoms with Crippen LogP contribution in [0.2, 0.25) is 0 Å². The summed E-state index contributed by atoms with van der Waals surface area (Å²) in [5.74, 6) is -0.368. The normalized spacial score (nSPS) is 10.5. The minimum absolute atomic E-state index is 0.232. The summed E-state index contributed by atoms with van der Waals surface area (Å²) >= 11 is 0. The van der Waals surface area contributed by atoms with E-state index in [1.807, 2.05) is 13.8 Å². The smallest absolute Gasteiger partial charge is 0.329 e. The first-order valence-electron chi connectivity index (χ1n) is 9.03. The van der Waals surface area contributed by atoms with Crippen molar-refractivity contribution in [2.45, 2.75) is 26.8 Å². The molecule has 0 atom stereocenters. The first kappa shape index (κ1) is 20.9. The van der Waals surface area contributed by atoms with Gasteiger partial charge >= 0.3 is 11.8 Å². The van der Waals surface area contributed by atoms with E-state index in [0.29, 0.717) is 30.3 Å². The number of hydrogen-bond acceptors (Lipinski definition) is 6. The van der Waals surface area contributed by atoms with Crippen LogP contribution in [0, 0.1) is 0 Å². The topological polar surface area (TPSA) is 102 Å². The molecular formula is C20H24N4O4. The Morgan fingerprint density at radius 2 is 1.86 bits per heavy atom. The minimum atomic E-state index is -0.849. The number of carbonyl (C=O) groups is 2. The molecule has 0 unspecified atom stereocenters. The van der Waals surface area contributed by atoms with E-state index in [-0.39, 0.29) is 6.54 Å². The van der Waals surface area contributed by atoms with E-state index < -0.39 is 11.8 Å². The Balaban J connectivity index is 1.89. The molecule has 0 aliphatic heterocycles. The van der Waals surface area contributed by atoms with Crippen LogP contribution >= 0.6 is 0 Å². The zero-order valence-electron chi connectivity index (χ0n) is 16.0. The van der Waals surface area contributed by atoms with Crippen molar-refractivity contribution in [3.05, 3.63) is 53.9 Å². The van der Waals surface area contributed by atoms with Gasteiger partial charge in [-0.2, -0.15) is 5.10 Å². The van der Waals surface area contributed by atoms with Crippen LogP contribution < -0.4 is 20.2 Å². The maximum atomic E-state index is 11.8. The van der Waals surface area contributed by atoms with Gasteiger partial charge < -0.3 is 14.8 Å². The molecule has 2 N–H and O–H groups in total. The van der Waals surface area contributed by atoms with Gasteiger partial charge in [-0.1, -0.05) is 6.92 Å². The van der Waals surface area contributed by atoms with Crippen molar-refractivity contribution in [3.63, 3.8) is 0 Å². The van der Waals surface area contributed by atoms with Gasteiger partial charge in [-0.15, -0.1) is 0 Å². The Bertz CT molecular complexity index is 809. The average Bonchev–Trinajstić information content (AvgIpc) is 2.72. The summed E-state index contributed by atoms with van der Waals surface area (Å²) in [6, 6.07) is 8.83. The molecule has 0 saturated heterocycles. The standard InChI is InChI=1S/C20H24N4O4/c1-3-11-28-17-6-5-16(12-18(17)27-4-2)14-23-24-20(26)19(25)22-13-15-7-9-21-10-8-15/h5-10,12,14H,3-4,11,13H2,1-2H3,(H,22,25)(H,24,26)/b23-14-. The summed E-state index contributed by atoms with van der Waals surface area (Å²) in [5, 5.41) is 6.33. The van der Waals surface area contributed by atoms with Gasteiger partial charge in [-0.25, -0.2) is 5.43 Å².